The van der Waals surface area contributed by atoms with Gasteiger partial charge in [-0.05, 0) is 12.5 Å². The quantitative estimate of drug-likeness (QED) is 0.622. The number of nitrogens with one attached hydrogen (secondary N) is 2. The lowest BCUT2D eigenvalue weighted by atomic mass is 10.2. The summed E-state index contributed by atoms with van der Waals surface area (Å²) in [5, 5.41) is 5.10. The van der Waals surface area contributed by atoms with Gasteiger partial charge in [0, 0.05) is 0 Å². The predicted octanol–water partition coefficient (Wildman–Crippen LogP) is 0.682. The van der Waals surface area contributed by atoms with Crippen LogP contribution in [0.1, 0.15) is 12.5 Å². The van der Waals surface area contributed by atoms with Crippen molar-refractivity contribution < 1.29 is 9.53 Å². The fraction of sp³-hybridized carbons (Fsp3) is 0.231. The van der Waals surface area contributed by atoms with Gasteiger partial charge in [-0.2, -0.15) is 5.10 Å². The number of hydrogen-bond donors (Lipinski definition) is 2. The molecule has 0 radical (unpaired) electrons. The van der Waals surface area contributed by atoms with Gasteiger partial charge in [-0.3, -0.25) is 14.6 Å². The monoisotopic (exact) mass is 307 g/mol. The molecule has 0 bridgehead atoms. The number of aromatic nitrogens is 3. The van der Waals surface area contributed by atoms with E-state index in [1.165, 1.54) is 0 Å². The smallest absolute Gasteiger partial charge is 0.342 e. The van der Waals surface area contributed by atoms with Gasteiger partial charge in [-0.1, -0.05) is 42.1 Å². The molecule has 2 rings (SSSR count). The number of hydrogen-bond acceptors (Lipinski definition) is 6. The molecule has 0 saturated carbocycles. The van der Waals surface area contributed by atoms with Crippen LogP contribution in [0, 0.1) is 0 Å². The summed E-state index contributed by atoms with van der Waals surface area (Å²) in [6, 6.07) is 9.27. The van der Waals surface area contributed by atoms with E-state index in [9.17, 15) is 14.4 Å². The third kappa shape index (κ3) is 4.32. The number of carbonyl (C=O) groups is 1. The van der Waals surface area contributed by atoms with Crippen molar-refractivity contribution in [2.75, 3.05) is 0 Å². The zero-order valence-electron chi connectivity index (χ0n) is 11.2. The van der Waals surface area contributed by atoms with Crippen molar-refractivity contribution in [1.29, 1.82) is 0 Å². The van der Waals surface area contributed by atoms with E-state index < -0.39 is 22.5 Å². The van der Waals surface area contributed by atoms with Gasteiger partial charge in [0.25, 0.3) is 5.56 Å². The second-order valence-electron chi connectivity index (χ2n) is 4.17. The first-order valence-corrected chi connectivity index (χ1v) is 7.00. The maximum absolute atomic E-state index is 11.8. The molecule has 0 saturated heterocycles. The molecule has 21 heavy (non-hydrogen) atoms. The van der Waals surface area contributed by atoms with Crippen molar-refractivity contribution in [1.82, 2.24) is 15.2 Å². The molecule has 0 spiro atoms. The molecule has 0 fully saturated rings. The topological polar surface area (TPSA) is 105 Å². The molecular formula is C13H13N3O4S. The number of carbonyl (C=O) groups excluding carboxylic acids is 1. The molecule has 2 N–H and O–H groups in total. The SMILES string of the molecule is C[C@@H](Sc1n[nH]c(=O)[nH]c1=O)C(=O)OCc1ccccc1. The summed E-state index contributed by atoms with van der Waals surface area (Å²) in [6.45, 7) is 1.77. The van der Waals surface area contributed by atoms with E-state index in [2.05, 4.69) is 10.2 Å². The van der Waals surface area contributed by atoms with Crippen LogP contribution in [0.5, 0.6) is 0 Å². The maximum atomic E-state index is 11.8. The Hall–Kier alpha value is -2.35. The van der Waals surface area contributed by atoms with Gasteiger partial charge in [0.1, 0.15) is 11.9 Å². The van der Waals surface area contributed by atoms with Crippen molar-refractivity contribution in [2.45, 2.75) is 23.8 Å². The van der Waals surface area contributed by atoms with Crippen molar-refractivity contribution >= 4 is 17.7 Å². The first-order chi connectivity index (χ1) is 10.1. The second-order valence-corrected chi connectivity index (χ2v) is 5.49. The summed E-state index contributed by atoms with van der Waals surface area (Å²) in [5.41, 5.74) is -0.446. The van der Waals surface area contributed by atoms with Crippen molar-refractivity contribution in [2.24, 2.45) is 0 Å². The number of thioether (sulfide) groups is 1. The van der Waals surface area contributed by atoms with Gasteiger partial charge in [0.15, 0.2) is 5.03 Å². The number of rotatable bonds is 5. The van der Waals surface area contributed by atoms with Gasteiger partial charge >= 0.3 is 11.7 Å². The summed E-state index contributed by atoms with van der Waals surface area (Å²) >= 11 is 0.923. The maximum Gasteiger partial charge on any atom is 0.342 e. The lowest BCUT2D eigenvalue weighted by Crippen LogP contribution is -2.27. The van der Waals surface area contributed by atoms with Crippen LogP contribution in [0.4, 0.5) is 0 Å². The van der Waals surface area contributed by atoms with Crippen molar-refractivity contribution in [3.8, 4) is 0 Å². The Balaban J connectivity index is 1.93. The first kappa shape index (κ1) is 15.0. The molecule has 7 nitrogen and oxygen atoms in total. The van der Waals surface area contributed by atoms with Gasteiger partial charge in [0.05, 0.1) is 0 Å². The Morgan fingerprint density at radius 3 is 2.71 bits per heavy atom. The summed E-state index contributed by atoms with van der Waals surface area (Å²) in [5.74, 6) is -0.462. The van der Waals surface area contributed by atoms with E-state index in [0.717, 1.165) is 17.3 Å². The third-order valence-corrected chi connectivity index (χ3v) is 3.57. The summed E-state index contributed by atoms with van der Waals surface area (Å²) in [6.07, 6.45) is 0. The van der Waals surface area contributed by atoms with Crippen LogP contribution in [0.25, 0.3) is 0 Å². The highest BCUT2D eigenvalue weighted by Crippen LogP contribution is 2.18. The molecule has 2 aromatic rings. The van der Waals surface area contributed by atoms with E-state index in [4.69, 9.17) is 4.74 Å². The minimum absolute atomic E-state index is 0.0127. The second kappa shape index (κ2) is 6.89. The Morgan fingerprint density at radius 1 is 1.33 bits per heavy atom. The van der Waals surface area contributed by atoms with Gasteiger partial charge in [-0.25, -0.2) is 9.89 Å². The van der Waals surface area contributed by atoms with Gasteiger partial charge in [-0.15, -0.1) is 0 Å². The van der Waals surface area contributed by atoms with Crippen molar-refractivity contribution in [3.63, 3.8) is 0 Å². The minimum Gasteiger partial charge on any atom is -0.460 e. The lowest BCUT2D eigenvalue weighted by Gasteiger charge is -2.10. The normalized spacial score (nSPS) is 11.9. The molecule has 1 aromatic heterocycles. The van der Waals surface area contributed by atoms with Crippen LogP contribution in [0.15, 0.2) is 44.9 Å². The summed E-state index contributed by atoms with van der Waals surface area (Å²) in [7, 11) is 0. The van der Waals surface area contributed by atoms with Crippen LogP contribution in [0.2, 0.25) is 0 Å². The van der Waals surface area contributed by atoms with E-state index in [1.54, 1.807) is 6.92 Å². The molecule has 8 heteroatoms. The highest BCUT2D eigenvalue weighted by Gasteiger charge is 2.18. The molecule has 1 heterocycles. The number of aromatic amines is 2. The number of esters is 1. The number of H-pyrrole nitrogens is 2. The Morgan fingerprint density at radius 2 is 2.05 bits per heavy atom. The number of nitrogens with zero attached hydrogens (tertiary/aromatic N) is 1. The molecule has 0 aliphatic heterocycles. The van der Waals surface area contributed by atoms with Crippen LogP contribution < -0.4 is 11.2 Å². The lowest BCUT2D eigenvalue weighted by molar-refractivity contribution is -0.143. The van der Waals surface area contributed by atoms with E-state index >= 15 is 0 Å². The average Bonchev–Trinajstić information content (AvgIpc) is 2.48. The molecule has 0 amide bonds. The average molecular weight is 307 g/mol. The first-order valence-electron chi connectivity index (χ1n) is 6.12. The van der Waals surface area contributed by atoms with E-state index in [1.807, 2.05) is 35.3 Å². The number of benzene rings is 1. The Kier molecular flexibility index (Phi) is 4.94. The zero-order chi connectivity index (χ0) is 15.2. The van der Waals surface area contributed by atoms with E-state index in [-0.39, 0.29) is 11.6 Å². The van der Waals surface area contributed by atoms with Gasteiger partial charge in [0.2, 0.25) is 0 Å². The number of ether oxygens (including phenoxy) is 1. The summed E-state index contributed by atoms with van der Waals surface area (Å²) < 4.78 is 5.15. The predicted molar refractivity (Wildman–Crippen MR) is 77.0 cm³/mol. The molecule has 0 aliphatic rings. The minimum atomic E-state index is -0.691. The zero-order valence-corrected chi connectivity index (χ0v) is 12.0. The molecular weight excluding hydrogens is 294 g/mol. The van der Waals surface area contributed by atoms with E-state index in [0.29, 0.717) is 0 Å². The molecule has 1 atom stereocenters. The molecule has 1 aromatic carbocycles. The van der Waals surface area contributed by atoms with Crippen molar-refractivity contribution in [3.05, 3.63) is 56.7 Å². The van der Waals surface area contributed by atoms with Gasteiger partial charge < -0.3 is 4.74 Å². The Bertz CT molecular complexity index is 726. The molecule has 0 unspecified atom stereocenters. The largest absolute Gasteiger partial charge is 0.460 e. The van der Waals surface area contributed by atoms with Crippen LogP contribution in [0.3, 0.4) is 0 Å². The molecule has 0 aliphatic carbocycles. The highest BCUT2D eigenvalue weighted by molar-refractivity contribution is 8.00. The van der Waals surface area contributed by atoms with Crippen LogP contribution in [-0.4, -0.2) is 26.4 Å². The summed E-state index contributed by atoms with van der Waals surface area (Å²) in [4.78, 5) is 36.2. The van der Waals surface area contributed by atoms with Crippen LogP contribution >= 0.6 is 11.8 Å². The fourth-order valence-electron chi connectivity index (χ4n) is 1.48. The molecule has 110 valence electrons. The highest BCUT2D eigenvalue weighted by atomic mass is 32.2. The standard InChI is InChI=1S/C13H13N3O4S/c1-8(21-11-10(17)14-13(19)16-15-11)12(18)20-7-9-5-3-2-4-6-9/h2-6,8H,7H2,1H3,(H2,14,16,17,19)/t8-/m1/s1. The third-order valence-electron chi connectivity index (χ3n) is 2.52. The Labute approximate surface area is 123 Å². The fourth-order valence-corrected chi connectivity index (χ4v) is 2.23. The van der Waals surface area contributed by atoms with Crippen LogP contribution in [-0.2, 0) is 16.1 Å².